The minimum absolute atomic E-state index is 0.204. The molecule has 2 aromatic rings. The van der Waals surface area contributed by atoms with Gasteiger partial charge < -0.3 is 10.6 Å². The highest BCUT2D eigenvalue weighted by Gasteiger charge is 2.14. The summed E-state index contributed by atoms with van der Waals surface area (Å²) in [7, 11) is 0. The van der Waals surface area contributed by atoms with Gasteiger partial charge in [0.1, 0.15) is 17.8 Å². The lowest BCUT2D eigenvalue weighted by molar-refractivity contribution is 0.0945. The van der Waals surface area contributed by atoms with Crippen molar-refractivity contribution >= 4 is 11.7 Å². The van der Waals surface area contributed by atoms with E-state index in [1.54, 1.807) is 18.5 Å². The molecule has 0 unspecified atom stereocenters. The Morgan fingerprint density at radius 2 is 2.00 bits per heavy atom. The Bertz CT molecular complexity index is 653. The fraction of sp³-hybridized carbons (Fsp3) is 0.444. The summed E-state index contributed by atoms with van der Waals surface area (Å²) in [4.78, 5) is 24.6. The van der Waals surface area contributed by atoms with Gasteiger partial charge in [-0.25, -0.2) is 9.97 Å². The van der Waals surface area contributed by atoms with E-state index in [0.717, 1.165) is 24.2 Å². The molecule has 3 rings (SSSR count). The van der Waals surface area contributed by atoms with Crippen LogP contribution < -0.4 is 10.6 Å². The Balaban J connectivity index is 1.58. The van der Waals surface area contributed by atoms with Crippen molar-refractivity contribution in [3.8, 4) is 0 Å². The summed E-state index contributed by atoms with van der Waals surface area (Å²) in [5.41, 5.74) is 1.33. The first kappa shape index (κ1) is 16.4. The number of nitrogens with zero attached hydrogens (tertiary/aromatic N) is 3. The van der Waals surface area contributed by atoms with Crippen LogP contribution in [0.4, 0.5) is 5.82 Å². The molecule has 2 N–H and O–H groups in total. The highest BCUT2D eigenvalue weighted by Crippen LogP contribution is 2.20. The van der Waals surface area contributed by atoms with Gasteiger partial charge >= 0.3 is 0 Å². The lowest BCUT2D eigenvalue weighted by Gasteiger charge is -2.16. The monoisotopic (exact) mass is 325 g/mol. The van der Waals surface area contributed by atoms with Crippen molar-refractivity contribution in [2.75, 3.05) is 5.32 Å². The highest BCUT2D eigenvalue weighted by atomic mass is 16.1. The molecule has 0 aromatic carbocycles. The van der Waals surface area contributed by atoms with Gasteiger partial charge in [0.05, 0.1) is 0 Å². The average molecular weight is 325 g/mol. The Morgan fingerprint density at radius 3 is 2.75 bits per heavy atom. The van der Waals surface area contributed by atoms with Crippen molar-refractivity contribution in [3.63, 3.8) is 0 Å². The fourth-order valence-electron chi connectivity index (χ4n) is 2.97. The molecule has 0 bridgehead atoms. The lowest BCUT2D eigenvalue weighted by Crippen LogP contribution is -2.25. The number of amides is 1. The quantitative estimate of drug-likeness (QED) is 0.826. The molecule has 1 fully saturated rings. The molecule has 1 amide bonds. The maximum Gasteiger partial charge on any atom is 0.270 e. The summed E-state index contributed by atoms with van der Waals surface area (Å²) >= 11 is 0. The number of rotatable bonds is 5. The van der Waals surface area contributed by atoms with Gasteiger partial charge in [-0.3, -0.25) is 9.78 Å². The molecular weight excluding hydrogens is 302 g/mol. The van der Waals surface area contributed by atoms with E-state index < -0.39 is 0 Å². The molecule has 24 heavy (non-hydrogen) atoms. The molecule has 2 aromatic heterocycles. The van der Waals surface area contributed by atoms with E-state index in [9.17, 15) is 4.79 Å². The Labute approximate surface area is 142 Å². The molecule has 6 nitrogen and oxygen atoms in total. The fourth-order valence-corrected chi connectivity index (χ4v) is 2.97. The first-order chi connectivity index (χ1) is 11.8. The van der Waals surface area contributed by atoms with Gasteiger partial charge in [0.2, 0.25) is 0 Å². The molecule has 1 aliphatic carbocycles. The van der Waals surface area contributed by atoms with Crippen molar-refractivity contribution < 1.29 is 4.79 Å². The maximum atomic E-state index is 12.3. The molecule has 1 aliphatic rings. The topological polar surface area (TPSA) is 79.8 Å². The number of hydrogen-bond acceptors (Lipinski definition) is 5. The van der Waals surface area contributed by atoms with Gasteiger partial charge in [-0.15, -0.1) is 0 Å². The normalized spacial score (nSPS) is 15.5. The van der Waals surface area contributed by atoms with Gasteiger partial charge in [0, 0.05) is 31.0 Å². The third-order valence-corrected chi connectivity index (χ3v) is 4.28. The Morgan fingerprint density at radius 1 is 1.17 bits per heavy atom. The molecule has 0 aliphatic heterocycles. The molecule has 6 heteroatoms. The number of anilines is 1. The standard InChI is InChI=1S/C18H23N5O/c24-18(20-12-14-6-5-9-19-11-14)16-10-17(22-13-21-16)23-15-7-3-1-2-4-8-15/h5-6,9-11,13,15H,1-4,7-8,12H2,(H,20,24)(H,21,22,23). The van der Waals surface area contributed by atoms with Crippen molar-refractivity contribution in [3.05, 3.63) is 48.2 Å². The molecule has 1 saturated carbocycles. The van der Waals surface area contributed by atoms with Gasteiger partial charge in [-0.05, 0) is 24.5 Å². The summed E-state index contributed by atoms with van der Waals surface area (Å²) < 4.78 is 0. The lowest BCUT2D eigenvalue weighted by atomic mass is 10.1. The van der Waals surface area contributed by atoms with E-state index in [1.807, 2.05) is 12.1 Å². The first-order valence-corrected chi connectivity index (χ1v) is 8.57. The van der Waals surface area contributed by atoms with Crippen LogP contribution in [0.2, 0.25) is 0 Å². The summed E-state index contributed by atoms with van der Waals surface area (Å²) in [6.45, 7) is 0.433. The largest absolute Gasteiger partial charge is 0.367 e. The van der Waals surface area contributed by atoms with Crippen molar-refractivity contribution in [1.82, 2.24) is 20.3 Å². The zero-order valence-corrected chi connectivity index (χ0v) is 13.7. The molecule has 0 radical (unpaired) electrons. The van der Waals surface area contributed by atoms with E-state index in [0.29, 0.717) is 18.3 Å². The second kappa shape index (κ2) is 8.38. The van der Waals surface area contributed by atoms with Crippen LogP contribution in [0.15, 0.2) is 36.9 Å². The number of carbonyl (C=O) groups is 1. The minimum Gasteiger partial charge on any atom is -0.367 e. The van der Waals surface area contributed by atoms with Crippen LogP contribution in [0.25, 0.3) is 0 Å². The zero-order chi connectivity index (χ0) is 16.6. The molecule has 2 heterocycles. The van der Waals surface area contributed by atoms with Gasteiger partial charge in [0.15, 0.2) is 0 Å². The third kappa shape index (κ3) is 4.75. The van der Waals surface area contributed by atoms with Crippen molar-refractivity contribution in [2.45, 2.75) is 51.1 Å². The summed E-state index contributed by atoms with van der Waals surface area (Å²) in [6.07, 6.45) is 12.3. The first-order valence-electron chi connectivity index (χ1n) is 8.57. The van der Waals surface area contributed by atoms with Gasteiger partial charge in [0.25, 0.3) is 5.91 Å². The SMILES string of the molecule is O=C(NCc1cccnc1)c1cc(NC2CCCCCC2)ncn1. The third-order valence-electron chi connectivity index (χ3n) is 4.28. The predicted molar refractivity (Wildman–Crippen MR) is 92.6 cm³/mol. The zero-order valence-electron chi connectivity index (χ0n) is 13.7. The minimum atomic E-state index is -0.204. The van der Waals surface area contributed by atoms with Crippen molar-refractivity contribution in [2.24, 2.45) is 0 Å². The molecule has 0 spiro atoms. The number of pyridine rings is 1. The van der Waals surface area contributed by atoms with E-state index in [1.165, 1.54) is 32.0 Å². The second-order valence-corrected chi connectivity index (χ2v) is 6.17. The van der Waals surface area contributed by atoms with Crippen LogP contribution >= 0.6 is 0 Å². The molecule has 0 saturated heterocycles. The van der Waals surface area contributed by atoms with Crippen LogP contribution in [-0.2, 0) is 6.54 Å². The summed E-state index contributed by atoms with van der Waals surface area (Å²) in [5, 5.41) is 6.31. The van der Waals surface area contributed by atoms with Crippen LogP contribution in [-0.4, -0.2) is 26.9 Å². The van der Waals surface area contributed by atoms with E-state index in [-0.39, 0.29) is 5.91 Å². The van der Waals surface area contributed by atoms with E-state index in [2.05, 4.69) is 25.6 Å². The second-order valence-electron chi connectivity index (χ2n) is 6.17. The Hall–Kier alpha value is -2.50. The number of carbonyl (C=O) groups excluding carboxylic acids is 1. The smallest absolute Gasteiger partial charge is 0.270 e. The van der Waals surface area contributed by atoms with Crippen LogP contribution in [0.3, 0.4) is 0 Å². The van der Waals surface area contributed by atoms with E-state index >= 15 is 0 Å². The molecule has 0 atom stereocenters. The molecule has 126 valence electrons. The number of hydrogen-bond donors (Lipinski definition) is 2. The van der Waals surface area contributed by atoms with Crippen LogP contribution in [0, 0.1) is 0 Å². The van der Waals surface area contributed by atoms with Gasteiger partial charge in [-0.2, -0.15) is 0 Å². The number of nitrogens with one attached hydrogen (secondary N) is 2. The summed E-state index contributed by atoms with van der Waals surface area (Å²) in [5.74, 6) is 0.522. The maximum absolute atomic E-state index is 12.3. The van der Waals surface area contributed by atoms with Crippen molar-refractivity contribution in [1.29, 1.82) is 0 Å². The average Bonchev–Trinajstić information content (AvgIpc) is 2.89. The molecular formula is C18H23N5O. The summed E-state index contributed by atoms with van der Waals surface area (Å²) in [6, 6.07) is 5.94. The Kier molecular flexibility index (Phi) is 5.71. The highest BCUT2D eigenvalue weighted by molar-refractivity contribution is 5.92. The number of aromatic nitrogens is 3. The van der Waals surface area contributed by atoms with Crippen LogP contribution in [0.1, 0.15) is 54.6 Å². The van der Waals surface area contributed by atoms with E-state index in [4.69, 9.17) is 0 Å². The predicted octanol–water partition coefficient (Wildman–Crippen LogP) is 2.94. The van der Waals surface area contributed by atoms with Gasteiger partial charge in [-0.1, -0.05) is 31.7 Å². The van der Waals surface area contributed by atoms with Crippen LogP contribution in [0.5, 0.6) is 0 Å².